The molecule has 88 valence electrons. The van der Waals surface area contributed by atoms with E-state index in [1.165, 1.54) is 0 Å². The second-order valence-corrected chi connectivity index (χ2v) is 5.42. The molecule has 3 aromatic rings. The molecule has 3 rings (SSSR count). The van der Waals surface area contributed by atoms with Crippen molar-refractivity contribution < 1.29 is 0 Å². The molecule has 0 spiro atoms. The molecule has 0 amide bonds. The molecule has 3 aromatic carbocycles. The third-order valence-corrected chi connectivity index (χ3v) is 4.00. The zero-order valence-electron chi connectivity index (χ0n) is 9.53. The van der Waals surface area contributed by atoms with Crippen LogP contribution in [0, 0.1) is 0 Å². The van der Waals surface area contributed by atoms with Crippen molar-refractivity contribution in [2.45, 2.75) is 0 Å². The summed E-state index contributed by atoms with van der Waals surface area (Å²) in [6.45, 7) is 0. The maximum Gasteiger partial charge on any atom is 0.0490 e. The highest BCUT2D eigenvalue weighted by Crippen LogP contribution is 2.34. The van der Waals surface area contributed by atoms with E-state index in [9.17, 15) is 0 Å². The standard InChI is InChI=1S/C16H10BrCl/c17-15-8-4-3-6-13(15)12-9-11-5-1-2-7-14(11)16(18)10-12/h1-10H. The molecule has 0 aliphatic heterocycles. The average molecular weight is 318 g/mol. The Morgan fingerprint density at radius 3 is 2.39 bits per heavy atom. The van der Waals surface area contributed by atoms with Gasteiger partial charge in [-0.1, -0.05) is 70.0 Å². The third kappa shape index (κ3) is 2.05. The highest BCUT2D eigenvalue weighted by molar-refractivity contribution is 9.10. The van der Waals surface area contributed by atoms with Gasteiger partial charge in [-0.05, 0) is 34.7 Å². The van der Waals surface area contributed by atoms with Crippen LogP contribution < -0.4 is 0 Å². The average Bonchev–Trinajstić information content (AvgIpc) is 2.39. The van der Waals surface area contributed by atoms with Gasteiger partial charge >= 0.3 is 0 Å². The molecule has 0 aliphatic carbocycles. The molecule has 0 saturated carbocycles. The molecule has 0 aliphatic rings. The van der Waals surface area contributed by atoms with Gasteiger partial charge in [0.2, 0.25) is 0 Å². The summed E-state index contributed by atoms with van der Waals surface area (Å²) in [5.41, 5.74) is 2.29. The highest BCUT2D eigenvalue weighted by atomic mass is 79.9. The van der Waals surface area contributed by atoms with E-state index < -0.39 is 0 Å². The quantitative estimate of drug-likeness (QED) is 0.522. The molecule has 0 unspecified atom stereocenters. The van der Waals surface area contributed by atoms with Crippen LogP contribution in [-0.2, 0) is 0 Å². The van der Waals surface area contributed by atoms with Crippen LogP contribution in [0.5, 0.6) is 0 Å². The van der Waals surface area contributed by atoms with Crippen LogP contribution in [0.4, 0.5) is 0 Å². The van der Waals surface area contributed by atoms with Crippen molar-refractivity contribution in [2.75, 3.05) is 0 Å². The predicted octanol–water partition coefficient (Wildman–Crippen LogP) is 5.92. The molecular formula is C16H10BrCl. The lowest BCUT2D eigenvalue weighted by Crippen LogP contribution is -1.82. The van der Waals surface area contributed by atoms with Crippen LogP contribution in [0.2, 0.25) is 5.02 Å². The normalized spacial score (nSPS) is 10.8. The van der Waals surface area contributed by atoms with Gasteiger partial charge in [-0.2, -0.15) is 0 Å². The molecule has 18 heavy (non-hydrogen) atoms. The molecule has 0 N–H and O–H groups in total. The van der Waals surface area contributed by atoms with Crippen molar-refractivity contribution in [3.8, 4) is 11.1 Å². The summed E-state index contributed by atoms with van der Waals surface area (Å²) in [5, 5.41) is 3.05. The number of rotatable bonds is 1. The fourth-order valence-corrected chi connectivity index (χ4v) is 2.92. The zero-order chi connectivity index (χ0) is 12.5. The molecule has 2 heteroatoms. The summed E-state index contributed by atoms with van der Waals surface area (Å²) in [7, 11) is 0. The van der Waals surface area contributed by atoms with E-state index in [-0.39, 0.29) is 0 Å². The maximum atomic E-state index is 6.35. The molecule has 0 saturated heterocycles. The van der Waals surface area contributed by atoms with E-state index in [0.717, 1.165) is 31.4 Å². The molecule has 0 radical (unpaired) electrons. The second kappa shape index (κ2) is 4.75. The Bertz CT molecular complexity index is 719. The largest absolute Gasteiger partial charge is 0.0836 e. The van der Waals surface area contributed by atoms with Crippen molar-refractivity contribution in [3.63, 3.8) is 0 Å². The molecule has 0 bridgehead atoms. The molecule has 0 heterocycles. The first kappa shape index (κ1) is 11.8. The Kier molecular flexibility index (Phi) is 3.11. The lowest BCUT2D eigenvalue weighted by molar-refractivity contribution is 1.60. The van der Waals surface area contributed by atoms with Crippen molar-refractivity contribution in [1.29, 1.82) is 0 Å². The Hall–Kier alpha value is -1.31. The first-order valence-electron chi connectivity index (χ1n) is 5.69. The molecule has 0 aromatic heterocycles. The van der Waals surface area contributed by atoms with E-state index >= 15 is 0 Å². The van der Waals surface area contributed by atoms with Crippen molar-refractivity contribution in [3.05, 3.63) is 70.2 Å². The monoisotopic (exact) mass is 316 g/mol. The van der Waals surface area contributed by atoms with Crippen LogP contribution in [0.1, 0.15) is 0 Å². The van der Waals surface area contributed by atoms with Gasteiger partial charge in [0.15, 0.2) is 0 Å². The number of hydrogen-bond donors (Lipinski definition) is 0. The van der Waals surface area contributed by atoms with Gasteiger partial charge in [0.25, 0.3) is 0 Å². The molecular weight excluding hydrogens is 308 g/mol. The van der Waals surface area contributed by atoms with Crippen LogP contribution in [0.3, 0.4) is 0 Å². The summed E-state index contributed by atoms with van der Waals surface area (Å²) in [6, 6.07) is 20.5. The van der Waals surface area contributed by atoms with E-state index in [1.54, 1.807) is 0 Å². The minimum atomic E-state index is 0.791. The molecule has 0 nitrogen and oxygen atoms in total. The minimum Gasteiger partial charge on any atom is -0.0836 e. The van der Waals surface area contributed by atoms with Crippen molar-refractivity contribution in [2.24, 2.45) is 0 Å². The van der Waals surface area contributed by atoms with Gasteiger partial charge in [0.05, 0.1) is 0 Å². The van der Waals surface area contributed by atoms with Crippen LogP contribution in [0.15, 0.2) is 65.1 Å². The fraction of sp³-hybridized carbons (Fsp3) is 0. The molecule has 0 atom stereocenters. The van der Waals surface area contributed by atoms with E-state index in [0.29, 0.717) is 0 Å². The molecule has 0 fully saturated rings. The highest BCUT2D eigenvalue weighted by Gasteiger charge is 2.06. The summed E-state index contributed by atoms with van der Waals surface area (Å²) in [4.78, 5) is 0. The number of hydrogen-bond acceptors (Lipinski definition) is 0. The number of halogens is 2. The number of fused-ring (bicyclic) bond motifs is 1. The fourth-order valence-electron chi connectivity index (χ4n) is 2.11. The lowest BCUT2D eigenvalue weighted by Gasteiger charge is -2.08. The van der Waals surface area contributed by atoms with Crippen LogP contribution >= 0.6 is 27.5 Å². The summed E-state index contributed by atoms with van der Waals surface area (Å²) in [6.07, 6.45) is 0. The van der Waals surface area contributed by atoms with Gasteiger partial charge in [-0.3, -0.25) is 0 Å². The predicted molar refractivity (Wildman–Crippen MR) is 82.1 cm³/mol. The first-order valence-corrected chi connectivity index (χ1v) is 6.86. The van der Waals surface area contributed by atoms with Gasteiger partial charge < -0.3 is 0 Å². The van der Waals surface area contributed by atoms with Gasteiger partial charge in [-0.15, -0.1) is 0 Å². The van der Waals surface area contributed by atoms with Crippen LogP contribution in [-0.4, -0.2) is 0 Å². The van der Waals surface area contributed by atoms with Crippen molar-refractivity contribution >= 4 is 38.3 Å². The Morgan fingerprint density at radius 1 is 0.833 bits per heavy atom. The van der Waals surface area contributed by atoms with E-state index in [2.05, 4.69) is 34.1 Å². The summed E-state index contributed by atoms with van der Waals surface area (Å²) < 4.78 is 1.08. The summed E-state index contributed by atoms with van der Waals surface area (Å²) >= 11 is 9.93. The minimum absolute atomic E-state index is 0.791. The Balaban J connectivity index is 2.28. The van der Waals surface area contributed by atoms with Gasteiger partial charge in [0, 0.05) is 14.9 Å². The smallest absolute Gasteiger partial charge is 0.0490 e. The second-order valence-electron chi connectivity index (χ2n) is 4.16. The lowest BCUT2D eigenvalue weighted by atomic mass is 10.0. The van der Waals surface area contributed by atoms with Crippen LogP contribution in [0.25, 0.3) is 21.9 Å². The topological polar surface area (TPSA) is 0 Å². The van der Waals surface area contributed by atoms with Gasteiger partial charge in [0.1, 0.15) is 0 Å². The third-order valence-electron chi connectivity index (χ3n) is 3.00. The SMILES string of the molecule is Clc1cc(-c2ccccc2Br)cc2ccccc12. The van der Waals surface area contributed by atoms with Gasteiger partial charge in [-0.25, -0.2) is 0 Å². The van der Waals surface area contributed by atoms with E-state index in [1.807, 2.05) is 42.5 Å². The summed E-state index contributed by atoms with van der Waals surface area (Å²) in [5.74, 6) is 0. The Morgan fingerprint density at radius 2 is 1.56 bits per heavy atom. The number of benzene rings is 3. The Labute approximate surface area is 119 Å². The van der Waals surface area contributed by atoms with E-state index in [4.69, 9.17) is 11.6 Å². The first-order chi connectivity index (χ1) is 8.75. The maximum absolute atomic E-state index is 6.35. The van der Waals surface area contributed by atoms with Crippen molar-refractivity contribution in [1.82, 2.24) is 0 Å². The zero-order valence-corrected chi connectivity index (χ0v) is 11.9.